The van der Waals surface area contributed by atoms with Crippen LogP contribution < -0.4 is 10.3 Å². The molecule has 1 fully saturated rings. The minimum absolute atomic E-state index is 0.118. The quantitative estimate of drug-likeness (QED) is 0.591. The summed E-state index contributed by atoms with van der Waals surface area (Å²) in [5, 5.41) is 13.4. The highest BCUT2D eigenvalue weighted by molar-refractivity contribution is 5.80. The molecular formula is C22H30N6O3. The van der Waals surface area contributed by atoms with Gasteiger partial charge in [-0.3, -0.25) is 9.69 Å². The second-order valence-electron chi connectivity index (χ2n) is 7.84. The summed E-state index contributed by atoms with van der Waals surface area (Å²) in [6, 6.07) is 7.36. The minimum Gasteiger partial charge on any atom is -0.494 e. The Labute approximate surface area is 181 Å². The number of aromatic nitrogens is 5. The van der Waals surface area contributed by atoms with E-state index in [9.17, 15) is 4.79 Å². The Morgan fingerprint density at radius 1 is 1.16 bits per heavy atom. The van der Waals surface area contributed by atoms with Crippen molar-refractivity contribution in [1.82, 2.24) is 30.1 Å². The third kappa shape index (κ3) is 4.77. The number of aromatic amines is 1. The standard InChI is InChI=1S/C22H30N6O3/c1-3-31-17-8-9-19-16(14-17)15-18(22(29)23-19)20(27-10-6-4-5-7-11-27)21-24-25-26-28(21)12-13-30-2/h8-9,14-15,20H,3-7,10-13H2,1-2H3,(H,23,29)/t20-/m1/s1. The zero-order valence-corrected chi connectivity index (χ0v) is 18.2. The van der Waals surface area contributed by atoms with Crippen LogP contribution in [0.4, 0.5) is 0 Å². The van der Waals surface area contributed by atoms with Gasteiger partial charge in [0.15, 0.2) is 5.82 Å². The van der Waals surface area contributed by atoms with E-state index in [0.29, 0.717) is 31.1 Å². The molecule has 0 spiro atoms. The molecule has 0 saturated carbocycles. The molecule has 1 aliphatic heterocycles. The Bertz CT molecular complexity index is 1050. The lowest BCUT2D eigenvalue weighted by molar-refractivity contribution is 0.175. The van der Waals surface area contributed by atoms with Crippen molar-refractivity contribution in [2.24, 2.45) is 0 Å². The second-order valence-corrected chi connectivity index (χ2v) is 7.84. The zero-order chi connectivity index (χ0) is 21.6. The van der Waals surface area contributed by atoms with Crippen LogP contribution in [0.5, 0.6) is 5.75 Å². The number of fused-ring (bicyclic) bond motifs is 1. The van der Waals surface area contributed by atoms with Gasteiger partial charge in [-0.1, -0.05) is 12.8 Å². The van der Waals surface area contributed by atoms with Crippen LogP contribution in [-0.4, -0.2) is 63.5 Å². The van der Waals surface area contributed by atoms with E-state index in [2.05, 4.69) is 25.4 Å². The lowest BCUT2D eigenvalue weighted by atomic mass is 10.0. The van der Waals surface area contributed by atoms with Crippen LogP contribution in [0, 0.1) is 0 Å². The number of hydrogen-bond donors (Lipinski definition) is 1. The number of nitrogens with one attached hydrogen (secondary N) is 1. The molecule has 9 nitrogen and oxygen atoms in total. The van der Waals surface area contributed by atoms with Crippen LogP contribution in [0.25, 0.3) is 10.9 Å². The van der Waals surface area contributed by atoms with Gasteiger partial charge in [-0.2, -0.15) is 0 Å². The predicted octanol–water partition coefficient (Wildman–Crippen LogP) is 2.53. The first-order valence-electron chi connectivity index (χ1n) is 11.0. The van der Waals surface area contributed by atoms with Crippen LogP contribution in [-0.2, 0) is 11.3 Å². The van der Waals surface area contributed by atoms with Crippen molar-refractivity contribution in [1.29, 1.82) is 0 Å². The summed E-state index contributed by atoms with van der Waals surface area (Å²) in [5.41, 5.74) is 1.31. The van der Waals surface area contributed by atoms with E-state index in [4.69, 9.17) is 9.47 Å². The third-order valence-electron chi connectivity index (χ3n) is 5.77. The molecule has 1 aliphatic rings. The van der Waals surface area contributed by atoms with Crippen molar-refractivity contribution in [2.75, 3.05) is 33.4 Å². The number of likely N-dealkylation sites (tertiary alicyclic amines) is 1. The number of H-pyrrole nitrogens is 1. The molecule has 31 heavy (non-hydrogen) atoms. The molecule has 2 aromatic heterocycles. The summed E-state index contributed by atoms with van der Waals surface area (Å²) < 4.78 is 12.6. The fourth-order valence-electron chi connectivity index (χ4n) is 4.26. The van der Waals surface area contributed by atoms with Crippen molar-refractivity contribution in [2.45, 2.75) is 45.2 Å². The molecule has 3 heterocycles. The molecule has 9 heteroatoms. The van der Waals surface area contributed by atoms with E-state index < -0.39 is 0 Å². The number of tetrazole rings is 1. The highest BCUT2D eigenvalue weighted by Gasteiger charge is 2.30. The topological polar surface area (TPSA) is 98.2 Å². The number of benzene rings is 1. The van der Waals surface area contributed by atoms with Crippen molar-refractivity contribution in [3.05, 3.63) is 46.0 Å². The molecular weight excluding hydrogens is 396 g/mol. The highest BCUT2D eigenvalue weighted by atomic mass is 16.5. The largest absolute Gasteiger partial charge is 0.494 e. The molecule has 166 valence electrons. The van der Waals surface area contributed by atoms with E-state index in [1.165, 1.54) is 12.8 Å². The Hall–Kier alpha value is -2.78. The van der Waals surface area contributed by atoms with Crippen LogP contribution in [0.15, 0.2) is 29.1 Å². The monoisotopic (exact) mass is 426 g/mol. The predicted molar refractivity (Wildman–Crippen MR) is 117 cm³/mol. The van der Waals surface area contributed by atoms with E-state index in [1.54, 1.807) is 11.8 Å². The number of pyridine rings is 1. The molecule has 1 N–H and O–H groups in total. The maximum atomic E-state index is 13.2. The number of rotatable bonds is 8. The van der Waals surface area contributed by atoms with Gasteiger partial charge < -0.3 is 14.5 Å². The summed E-state index contributed by atoms with van der Waals surface area (Å²) in [6.07, 6.45) is 4.58. The molecule has 0 unspecified atom stereocenters. The molecule has 1 atom stereocenters. The molecule has 0 amide bonds. The van der Waals surface area contributed by atoms with Crippen molar-refractivity contribution >= 4 is 10.9 Å². The molecule has 0 radical (unpaired) electrons. The highest BCUT2D eigenvalue weighted by Crippen LogP contribution is 2.29. The molecule has 4 rings (SSSR count). The number of methoxy groups -OCH3 is 1. The van der Waals surface area contributed by atoms with Crippen LogP contribution in [0.2, 0.25) is 0 Å². The van der Waals surface area contributed by atoms with Gasteiger partial charge in [0, 0.05) is 23.6 Å². The molecule has 0 aliphatic carbocycles. The lowest BCUT2D eigenvalue weighted by Crippen LogP contribution is -2.36. The minimum atomic E-state index is -0.325. The average molecular weight is 427 g/mol. The van der Waals surface area contributed by atoms with Crippen molar-refractivity contribution < 1.29 is 9.47 Å². The number of hydrogen-bond acceptors (Lipinski definition) is 7. The fraction of sp³-hybridized carbons (Fsp3) is 0.545. The molecule has 1 saturated heterocycles. The summed E-state index contributed by atoms with van der Waals surface area (Å²) in [4.78, 5) is 18.6. The number of nitrogens with zero attached hydrogens (tertiary/aromatic N) is 5. The molecule has 0 bridgehead atoms. The molecule has 1 aromatic carbocycles. The van der Waals surface area contributed by atoms with Gasteiger partial charge >= 0.3 is 0 Å². The zero-order valence-electron chi connectivity index (χ0n) is 18.2. The maximum Gasteiger partial charge on any atom is 0.253 e. The van der Waals surface area contributed by atoms with Gasteiger partial charge in [-0.25, -0.2) is 4.68 Å². The van der Waals surface area contributed by atoms with Gasteiger partial charge in [0.25, 0.3) is 5.56 Å². The second kappa shape index (κ2) is 10.0. The average Bonchev–Trinajstić information content (AvgIpc) is 3.06. The number of ether oxygens (including phenoxy) is 2. The van der Waals surface area contributed by atoms with Gasteiger partial charge in [0.05, 0.1) is 19.8 Å². The van der Waals surface area contributed by atoms with Crippen LogP contribution >= 0.6 is 0 Å². The molecule has 3 aromatic rings. The van der Waals surface area contributed by atoms with E-state index in [-0.39, 0.29) is 11.6 Å². The summed E-state index contributed by atoms with van der Waals surface area (Å²) >= 11 is 0. The summed E-state index contributed by atoms with van der Waals surface area (Å²) in [7, 11) is 1.65. The first-order chi connectivity index (χ1) is 15.2. The third-order valence-corrected chi connectivity index (χ3v) is 5.77. The Morgan fingerprint density at radius 3 is 2.71 bits per heavy atom. The lowest BCUT2D eigenvalue weighted by Gasteiger charge is -2.29. The van der Waals surface area contributed by atoms with Crippen LogP contribution in [0.3, 0.4) is 0 Å². The first kappa shape index (κ1) is 21.5. The van der Waals surface area contributed by atoms with Gasteiger partial charge in [-0.15, -0.1) is 5.10 Å². The van der Waals surface area contributed by atoms with E-state index >= 15 is 0 Å². The van der Waals surface area contributed by atoms with Gasteiger partial charge in [0.1, 0.15) is 11.8 Å². The Morgan fingerprint density at radius 2 is 1.97 bits per heavy atom. The van der Waals surface area contributed by atoms with Crippen molar-refractivity contribution in [3.63, 3.8) is 0 Å². The van der Waals surface area contributed by atoms with Crippen molar-refractivity contribution in [3.8, 4) is 5.75 Å². The summed E-state index contributed by atoms with van der Waals surface area (Å²) in [5.74, 6) is 1.45. The SMILES string of the molecule is CCOc1ccc2[nH]c(=O)c([C@H](c3nnnn3CCOC)N3CCCCCC3)cc2c1. The normalized spacial score (nSPS) is 16.3. The fourth-order valence-corrected chi connectivity index (χ4v) is 4.26. The van der Waals surface area contributed by atoms with Crippen LogP contribution in [0.1, 0.15) is 50.0 Å². The first-order valence-corrected chi connectivity index (χ1v) is 11.0. The summed E-state index contributed by atoms with van der Waals surface area (Å²) in [6.45, 7) is 5.38. The Kier molecular flexibility index (Phi) is 6.93. The van der Waals surface area contributed by atoms with E-state index in [0.717, 1.165) is 42.6 Å². The van der Waals surface area contributed by atoms with Gasteiger partial charge in [0.2, 0.25) is 0 Å². The van der Waals surface area contributed by atoms with Gasteiger partial charge in [-0.05, 0) is 67.5 Å². The van der Waals surface area contributed by atoms with E-state index in [1.807, 2.05) is 31.2 Å². The Balaban J connectivity index is 1.82. The maximum absolute atomic E-state index is 13.2. The smallest absolute Gasteiger partial charge is 0.253 e.